The molecule has 2 atom stereocenters. The molecule has 2 rings (SSSR count). The van der Waals surface area contributed by atoms with Gasteiger partial charge in [0.05, 0.1) is 15.5 Å². The summed E-state index contributed by atoms with van der Waals surface area (Å²) in [5.74, 6) is 0.668. The third-order valence-corrected chi connectivity index (χ3v) is 3.30. The summed E-state index contributed by atoms with van der Waals surface area (Å²) in [6.07, 6.45) is 1.14. The highest BCUT2D eigenvalue weighted by Gasteiger charge is 2.32. The fraction of sp³-hybridized carbons (Fsp3) is 0.455. The summed E-state index contributed by atoms with van der Waals surface area (Å²) < 4.78 is 0. The summed E-state index contributed by atoms with van der Waals surface area (Å²) in [5, 5.41) is 14.5. The monoisotopic (exact) mass is 240 g/mol. The number of hydrogen-bond acceptors (Lipinski definition) is 3. The van der Waals surface area contributed by atoms with E-state index < -0.39 is 0 Å². The molecule has 0 heterocycles. The maximum Gasteiger partial charge on any atom is 0.275 e. The van der Waals surface area contributed by atoms with E-state index in [0.717, 1.165) is 6.42 Å². The zero-order valence-corrected chi connectivity index (χ0v) is 9.70. The average molecular weight is 241 g/mol. The molecule has 1 aromatic carbocycles. The van der Waals surface area contributed by atoms with Crippen LogP contribution in [0.4, 0.5) is 5.69 Å². The van der Waals surface area contributed by atoms with Crippen molar-refractivity contribution in [3.8, 4) is 0 Å². The number of nitrogens with zero attached hydrogens (tertiary/aromatic N) is 1. The van der Waals surface area contributed by atoms with E-state index in [0.29, 0.717) is 29.1 Å². The molecular formula is C11H13ClN2O2. The number of nitrogens with one attached hydrogen (secondary N) is 1. The van der Waals surface area contributed by atoms with Crippen LogP contribution >= 0.6 is 11.6 Å². The minimum absolute atomic E-state index is 0.0910. The lowest BCUT2D eigenvalue weighted by atomic mass is 10.2. The highest BCUT2D eigenvalue weighted by molar-refractivity contribution is 6.31. The summed E-state index contributed by atoms with van der Waals surface area (Å²) >= 11 is 5.97. The topological polar surface area (TPSA) is 55.2 Å². The van der Waals surface area contributed by atoms with Gasteiger partial charge in [0.25, 0.3) is 5.69 Å². The van der Waals surface area contributed by atoms with Crippen molar-refractivity contribution in [3.63, 3.8) is 0 Å². The maximum absolute atomic E-state index is 10.8. The molecule has 1 fully saturated rings. The second kappa shape index (κ2) is 4.39. The third-order valence-electron chi connectivity index (χ3n) is 2.94. The highest BCUT2D eigenvalue weighted by Crippen LogP contribution is 2.31. The lowest BCUT2D eigenvalue weighted by Crippen LogP contribution is -2.18. The SMILES string of the molecule is CC1CC1NCc1c(Cl)cccc1[N+](=O)[O-]. The van der Waals surface area contributed by atoms with Crippen LogP contribution in [0.1, 0.15) is 18.9 Å². The van der Waals surface area contributed by atoms with E-state index in [4.69, 9.17) is 11.6 Å². The normalized spacial score (nSPS) is 23.1. The predicted octanol–water partition coefficient (Wildman–Crippen LogP) is 2.75. The van der Waals surface area contributed by atoms with Crippen LogP contribution < -0.4 is 5.32 Å². The van der Waals surface area contributed by atoms with E-state index in [1.54, 1.807) is 12.1 Å². The van der Waals surface area contributed by atoms with Gasteiger partial charge in [0, 0.05) is 18.7 Å². The van der Waals surface area contributed by atoms with Gasteiger partial charge in [-0.05, 0) is 18.4 Å². The highest BCUT2D eigenvalue weighted by atomic mass is 35.5. The van der Waals surface area contributed by atoms with Crippen LogP contribution in [0.2, 0.25) is 5.02 Å². The Hall–Kier alpha value is -1.13. The van der Waals surface area contributed by atoms with Crippen LogP contribution in [0, 0.1) is 16.0 Å². The molecule has 5 heteroatoms. The lowest BCUT2D eigenvalue weighted by molar-refractivity contribution is -0.385. The second-order valence-electron chi connectivity index (χ2n) is 4.20. The van der Waals surface area contributed by atoms with Gasteiger partial charge >= 0.3 is 0 Å². The Kier molecular flexibility index (Phi) is 3.12. The fourth-order valence-corrected chi connectivity index (χ4v) is 1.97. The molecule has 2 unspecified atom stereocenters. The van der Waals surface area contributed by atoms with E-state index in [-0.39, 0.29) is 10.6 Å². The molecule has 0 saturated heterocycles. The molecule has 1 aromatic rings. The Balaban J connectivity index is 2.14. The van der Waals surface area contributed by atoms with E-state index in [2.05, 4.69) is 12.2 Å². The molecule has 1 N–H and O–H groups in total. The zero-order valence-electron chi connectivity index (χ0n) is 8.94. The molecule has 0 spiro atoms. The quantitative estimate of drug-likeness (QED) is 0.650. The van der Waals surface area contributed by atoms with Crippen molar-refractivity contribution >= 4 is 17.3 Å². The van der Waals surface area contributed by atoms with E-state index in [9.17, 15) is 10.1 Å². The van der Waals surface area contributed by atoms with Gasteiger partial charge in [0.15, 0.2) is 0 Å². The van der Waals surface area contributed by atoms with Crippen molar-refractivity contribution in [2.75, 3.05) is 0 Å². The predicted molar refractivity (Wildman–Crippen MR) is 62.5 cm³/mol. The van der Waals surface area contributed by atoms with Crippen molar-refractivity contribution in [2.45, 2.75) is 25.9 Å². The van der Waals surface area contributed by atoms with Crippen molar-refractivity contribution in [1.82, 2.24) is 5.32 Å². The molecule has 0 bridgehead atoms. The molecule has 86 valence electrons. The molecule has 1 aliphatic rings. The van der Waals surface area contributed by atoms with E-state index in [1.807, 2.05) is 0 Å². The summed E-state index contributed by atoms with van der Waals surface area (Å²) in [6, 6.07) is 5.25. The number of halogens is 1. The smallest absolute Gasteiger partial charge is 0.275 e. The second-order valence-corrected chi connectivity index (χ2v) is 4.60. The van der Waals surface area contributed by atoms with Crippen LogP contribution in [0.5, 0.6) is 0 Å². The van der Waals surface area contributed by atoms with Crippen molar-refractivity contribution in [2.24, 2.45) is 5.92 Å². The van der Waals surface area contributed by atoms with Gasteiger partial charge in [-0.25, -0.2) is 0 Å². The Bertz CT molecular complexity index is 422. The molecule has 16 heavy (non-hydrogen) atoms. The Morgan fingerprint density at radius 1 is 1.62 bits per heavy atom. The first kappa shape index (κ1) is 11.4. The van der Waals surface area contributed by atoms with Gasteiger partial charge in [0.2, 0.25) is 0 Å². The first-order valence-electron chi connectivity index (χ1n) is 5.24. The van der Waals surface area contributed by atoms with Gasteiger partial charge in [-0.1, -0.05) is 24.6 Å². The number of nitro benzene ring substituents is 1. The van der Waals surface area contributed by atoms with Gasteiger partial charge in [0.1, 0.15) is 0 Å². The fourth-order valence-electron chi connectivity index (χ4n) is 1.73. The van der Waals surface area contributed by atoms with Gasteiger partial charge in [-0.2, -0.15) is 0 Å². The van der Waals surface area contributed by atoms with Crippen molar-refractivity contribution in [1.29, 1.82) is 0 Å². The van der Waals surface area contributed by atoms with Crippen LogP contribution in [-0.2, 0) is 6.54 Å². The molecule has 0 radical (unpaired) electrons. The number of hydrogen-bond donors (Lipinski definition) is 1. The number of benzene rings is 1. The number of nitro groups is 1. The largest absolute Gasteiger partial charge is 0.309 e. The average Bonchev–Trinajstić information content (AvgIpc) is 2.92. The molecule has 0 aliphatic heterocycles. The summed E-state index contributed by atoms with van der Waals surface area (Å²) in [7, 11) is 0. The Morgan fingerprint density at radius 2 is 2.31 bits per heavy atom. The first-order valence-corrected chi connectivity index (χ1v) is 5.62. The van der Waals surface area contributed by atoms with Gasteiger partial charge in [-0.3, -0.25) is 10.1 Å². The van der Waals surface area contributed by atoms with Gasteiger partial charge < -0.3 is 5.32 Å². The summed E-state index contributed by atoms with van der Waals surface area (Å²) in [5.41, 5.74) is 0.668. The standard InChI is InChI=1S/C11H13ClN2O2/c1-7-5-10(7)13-6-8-9(12)3-2-4-11(8)14(15)16/h2-4,7,10,13H,5-6H2,1H3. The van der Waals surface area contributed by atoms with Crippen LogP contribution in [0.3, 0.4) is 0 Å². The minimum Gasteiger partial charge on any atom is -0.309 e. The van der Waals surface area contributed by atoms with Crippen molar-refractivity contribution in [3.05, 3.63) is 38.9 Å². The summed E-state index contributed by atoms with van der Waals surface area (Å²) in [6.45, 7) is 2.61. The van der Waals surface area contributed by atoms with Crippen LogP contribution in [0.15, 0.2) is 18.2 Å². The summed E-state index contributed by atoms with van der Waals surface area (Å²) in [4.78, 5) is 10.4. The third kappa shape index (κ3) is 2.33. The minimum atomic E-state index is -0.390. The van der Waals surface area contributed by atoms with Gasteiger partial charge in [-0.15, -0.1) is 0 Å². The lowest BCUT2D eigenvalue weighted by Gasteiger charge is -2.06. The molecule has 0 amide bonds. The molecule has 1 aliphatic carbocycles. The Morgan fingerprint density at radius 3 is 2.88 bits per heavy atom. The first-order chi connectivity index (χ1) is 7.59. The molecular weight excluding hydrogens is 228 g/mol. The Labute approximate surface area is 98.8 Å². The number of rotatable bonds is 4. The molecule has 0 aromatic heterocycles. The maximum atomic E-state index is 10.8. The molecule has 1 saturated carbocycles. The van der Waals surface area contributed by atoms with E-state index in [1.165, 1.54) is 6.07 Å². The van der Waals surface area contributed by atoms with Crippen LogP contribution in [0.25, 0.3) is 0 Å². The zero-order chi connectivity index (χ0) is 11.7. The van der Waals surface area contributed by atoms with E-state index >= 15 is 0 Å². The van der Waals surface area contributed by atoms with Crippen molar-refractivity contribution < 1.29 is 4.92 Å². The van der Waals surface area contributed by atoms with Crippen LogP contribution in [-0.4, -0.2) is 11.0 Å². The molecule has 4 nitrogen and oxygen atoms in total.